The third-order valence-corrected chi connectivity index (χ3v) is 3.53. The van der Waals surface area contributed by atoms with E-state index in [9.17, 15) is 18.0 Å². The molecule has 1 aromatic rings. The van der Waals surface area contributed by atoms with Gasteiger partial charge in [0.2, 0.25) is 0 Å². The molecule has 0 saturated carbocycles. The molecule has 6 heteroatoms. The average Bonchev–Trinajstić information content (AvgIpc) is 2.44. The molecule has 2 rings (SSSR count). The van der Waals surface area contributed by atoms with Gasteiger partial charge in [-0.3, -0.25) is 4.79 Å². The van der Waals surface area contributed by atoms with Gasteiger partial charge in [-0.2, -0.15) is 13.2 Å². The van der Waals surface area contributed by atoms with Gasteiger partial charge in [-0.15, -0.1) is 0 Å². The molecule has 1 aliphatic rings. The Morgan fingerprint density at radius 1 is 1.43 bits per heavy atom. The largest absolute Gasteiger partial charge is 0.484 e. The van der Waals surface area contributed by atoms with Gasteiger partial charge in [0.05, 0.1) is 5.56 Å². The van der Waals surface area contributed by atoms with Crippen molar-refractivity contribution in [2.45, 2.75) is 25.9 Å². The molecule has 0 spiro atoms. The first-order chi connectivity index (χ1) is 9.86. The monoisotopic (exact) mass is 301 g/mol. The van der Waals surface area contributed by atoms with Crippen molar-refractivity contribution in [3.05, 3.63) is 29.8 Å². The summed E-state index contributed by atoms with van der Waals surface area (Å²) in [5, 5.41) is 0. The van der Waals surface area contributed by atoms with Gasteiger partial charge in [-0.25, -0.2) is 0 Å². The van der Waals surface area contributed by atoms with E-state index >= 15 is 0 Å². The Labute approximate surface area is 121 Å². The van der Waals surface area contributed by atoms with Gasteiger partial charge >= 0.3 is 6.18 Å². The summed E-state index contributed by atoms with van der Waals surface area (Å²) in [5.41, 5.74) is -0.779. The number of hydrogen-bond donors (Lipinski definition) is 0. The van der Waals surface area contributed by atoms with Crippen LogP contribution >= 0.6 is 0 Å². The fraction of sp³-hybridized carbons (Fsp3) is 0.533. The molecular formula is C15H18F3NO2. The van der Waals surface area contributed by atoms with Crippen molar-refractivity contribution in [3.63, 3.8) is 0 Å². The molecule has 1 amide bonds. The summed E-state index contributed by atoms with van der Waals surface area (Å²) in [7, 11) is 0. The van der Waals surface area contributed by atoms with Crippen LogP contribution in [-0.4, -0.2) is 30.5 Å². The van der Waals surface area contributed by atoms with Crippen LogP contribution in [0.4, 0.5) is 13.2 Å². The molecule has 1 atom stereocenters. The standard InChI is InChI=1S/C15H18F3NO2/c1-11-4-3-7-19(9-11)14(20)10-21-13-6-2-5-12(8-13)15(16,17)18/h2,5-6,8,11H,3-4,7,9-10H2,1H3/t11-/m0/s1. The smallest absolute Gasteiger partial charge is 0.416 e. The van der Waals surface area contributed by atoms with E-state index in [1.54, 1.807) is 4.90 Å². The molecule has 116 valence electrons. The molecule has 1 saturated heterocycles. The van der Waals surface area contributed by atoms with Gasteiger partial charge in [-0.05, 0) is 37.0 Å². The maximum Gasteiger partial charge on any atom is 0.416 e. The van der Waals surface area contributed by atoms with E-state index in [-0.39, 0.29) is 18.3 Å². The van der Waals surface area contributed by atoms with Gasteiger partial charge < -0.3 is 9.64 Å². The van der Waals surface area contributed by atoms with Gasteiger partial charge in [-0.1, -0.05) is 13.0 Å². The molecule has 0 bridgehead atoms. The molecule has 0 unspecified atom stereocenters. The highest BCUT2D eigenvalue weighted by atomic mass is 19.4. The second kappa shape index (κ2) is 6.37. The van der Waals surface area contributed by atoms with Gasteiger partial charge in [0.25, 0.3) is 5.91 Å². The highest BCUT2D eigenvalue weighted by Gasteiger charge is 2.30. The fourth-order valence-electron chi connectivity index (χ4n) is 2.41. The van der Waals surface area contributed by atoms with Crippen molar-refractivity contribution in [1.82, 2.24) is 4.90 Å². The van der Waals surface area contributed by atoms with Crippen LogP contribution in [0.1, 0.15) is 25.3 Å². The Kier molecular flexibility index (Phi) is 4.75. The van der Waals surface area contributed by atoms with Gasteiger partial charge in [0, 0.05) is 13.1 Å². The predicted octanol–water partition coefficient (Wildman–Crippen LogP) is 3.34. The summed E-state index contributed by atoms with van der Waals surface area (Å²) in [6.45, 7) is 3.22. The van der Waals surface area contributed by atoms with Gasteiger partial charge in [0.1, 0.15) is 5.75 Å². The third-order valence-electron chi connectivity index (χ3n) is 3.53. The second-order valence-electron chi connectivity index (χ2n) is 5.40. The number of ether oxygens (including phenoxy) is 1. The minimum atomic E-state index is -4.41. The lowest BCUT2D eigenvalue weighted by atomic mass is 10.0. The molecular weight excluding hydrogens is 283 g/mol. The van der Waals surface area contributed by atoms with E-state index in [1.807, 2.05) is 0 Å². The minimum absolute atomic E-state index is 0.0585. The van der Waals surface area contributed by atoms with Crippen LogP contribution < -0.4 is 4.74 Å². The number of rotatable bonds is 3. The summed E-state index contributed by atoms with van der Waals surface area (Å²) in [6, 6.07) is 4.57. The fourth-order valence-corrected chi connectivity index (χ4v) is 2.41. The molecule has 0 aliphatic carbocycles. The summed E-state index contributed by atoms with van der Waals surface area (Å²) in [6.07, 6.45) is -2.36. The zero-order valence-electron chi connectivity index (χ0n) is 11.8. The molecule has 0 radical (unpaired) electrons. The number of amides is 1. The molecule has 0 N–H and O–H groups in total. The highest BCUT2D eigenvalue weighted by molar-refractivity contribution is 5.77. The summed E-state index contributed by atoms with van der Waals surface area (Å²) < 4.78 is 42.9. The van der Waals surface area contributed by atoms with E-state index in [1.165, 1.54) is 12.1 Å². The normalized spacial score (nSPS) is 19.4. The Balaban J connectivity index is 1.92. The number of carbonyl (C=O) groups excluding carboxylic acids is 1. The molecule has 0 aromatic heterocycles. The van der Waals surface area contributed by atoms with Crippen LogP contribution in [0.15, 0.2) is 24.3 Å². The molecule has 21 heavy (non-hydrogen) atoms. The Morgan fingerprint density at radius 2 is 2.19 bits per heavy atom. The summed E-state index contributed by atoms with van der Waals surface area (Å²) >= 11 is 0. The van der Waals surface area contributed by atoms with Crippen molar-refractivity contribution in [2.75, 3.05) is 19.7 Å². The lowest BCUT2D eigenvalue weighted by molar-refractivity contribution is -0.137. The first kappa shape index (κ1) is 15.7. The number of hydrogen-bond acceptors (Lipinski definition) is 2. The van der Waals surface area contributed by atoms with Crippen LogP contribution in [0.2, 0.25) is 0 Å². The first-order valence-corrected chi connectivity index (χ1v) is 6.94. The van der Waals surface area contributed by atoms with Crippen LogP contribution in [-0.2, 0) is 11.0 Å². The van der Waals surface area contributed by atoms with E-state index in [0.717, 1.165) is 25.0 Å². The summed E-state index contributed by atoms with van der Waals surface area (Å²) in [4.78, 5) is 13.7. The van der Waals surface area contributed by atoms with E-state index in [4.69, 9.17) is 4.74 Å². The van der Waals surface area contributed by atoms with E-state index < -0.39 is 11.7 Å². The summed E-state index contributed by atoms with van der Waals surface area (Å²) in [5.74, 6) is 0.332. The predicted molar refractivity (Wildman–Crippen MR) is 71.9 cm³/mol. The lowest BCUT2D eigenvalue weighted by Gasteiger charge is -2.30. The van der Waals surface area contributed by atoms with Crippen molar-refractivity contribution in [3.8, 4) is 5.75 Å². The van der Waals surface area contributed by atoms with Crippen molar-refractivity contribution < 1.29 is 22.7 Å². The van der Waals surface area contributed by atoms with E-state index in [0.29, 0.717) is 19.0 Å². The number of nitrogens with zero attached hydrogens (tertiary/aromatic N) is 1. The maximum atomic E-state index is 12.6. The maximum absolute atomic E-state index is 12.6. The number of piperidine rings is 1. The quantitative estimate of drug-likeness (QED) is 0.857. The molecule has 1 aromatic carbocycles. The number of carbonyl (C=O) groups is 1. The van der Waals surface area contributed by atoms with Crippen molar-refractivity contribution >= 4 is 5.91 Å². The van der Waals surface area contributed by atoms with Crippen LogP contribution in [0.3, 0.4) is 0 Å². The SMILES string of the molecule is C[C@H]1CCCN(C(=O)COc2cccc(C(F)(F)F)c2)C1. The molecule has 1 fully saturated rings. The topological polar surface area (TPSA) is 29.5 Å². The molecule has 1 aliphatic heterocycles. The van der Waals surface area contributed by atoms with Gasteiger partial charge in [0.15, 0.2) is 6.61 Å². The second-order valence-corrected chi connectivity index (χ2v) is 5.40. The first-order valence-electron chi connectivity index (χ1n) is 6.94. The Hall–Kier alpha value is -1.72. The lowest BCUT2D eigenvalue weighted by Crippen LogP contribution is -2.41. The number of likely N-dealkylation sites (tertiary alicyclic amines) is 1. The Bertz CT molecular complexity index is 502. The van der Waals surface area contributed by atoms with Crippen LogP contribution in [0.25, 0.3) is 0 Å². The molecule has 3 nitrogen and oxygen atoms in total. The van der Waals surface area contributed by atoms with Crippen molar-refractivity contribution in [1.29, 1.82) is 0 Å². The zero-order valence-corrected chi connectivity index (χ0v) is 11.8. The highest BCUT2D eigenvalue weighted by Crippen LogP contribution is 2.31. The Morgan fingerprint density at radius 3 is 2.86 bits per heavy atom. The van der Waals surface area contributed by atoms with Crippen LogP contribution in [0, 0.1) is 5.92 Å². The van der Waals surface area contributed by atoms with E-state index in [2.05, 4.69) is 6.92 Å². The third kappa shape index (κ3) is 4.37. The molecule has 1 heterocycles. The number of alkyl halides is 3. The van der Waals surface area contributed by atoms with Crippen LogP contribution in [0.5, 0.6) is 5.75 Å². The minimum Gasteiger partial charge on any atom is -0.484 e. The number of halogens is 3. The average molecular weight is 301 g/mol. The zero-order chi connectivity index (χ0) is 15.5. The van der Waals surface area contributed by atoms with Crippen molar-refractivity contribution in [2.24, 2.45) is 5.92 Å². The number of benzene rings is 1.